The zero-order valence-corrected chi connectivity index (χ0v) is 18.8. The first-order valence-electron chi connectivity index (χ1n) is 11.3. The summed E-state index contributed by atoms with van der Waals surface area (Å²) in [5.41, 5.74) is 6.06. The molecule has 0 radical (unpaired) electrons. The number of benzene rings is 2. The summed E-state index contributed by atoms with van der Waals surface area (Å²) in [6.45, 7) is 6.58. The minimum Gasteiger partial charge on any atom is -0.309 e. The fraction of sp³-hybridized carbons (Fsp3) is 0.200. The van der Waals surface area contributed by atoms with E-state index in [1.54, 1.807) is 0 Å². The molecule has 1 heterocycles. The summed E-state index contributed by atoms with van der Waals surface area (Å²) < 4.78 is 2.37. The van der Waals surface area contributed by atoms with E-state index in [2.05, 4.69) is 135 Å². The second-order valence-corrected chi connectivity index (χ2v) is 8.28. The van der Waals surface area contributed by atoms with E-state index >= 15 is 0 Å². The predicted molar refractivity (Wildman–Crippen MR) is 136 cm³/mol. The molecule has 0 amide bonds. The highest BCUT2D eigenvalue weighted by molar-refractivity contribution is 5.96. The average molecular weight is 406 g/mol. The number of nitrogens with zero attached hydrogens (tertiary/aromatic N) is 1. The molecule has 0 saturated carbocycles. The lowest BCUT2D eigenvalue weighted by Crippen LogP contribution is -2.11. The zero-order chi connectivity index (χ0) is 21.7. The van der Waals surface area contributed by atoms with Crippen molar-refractivity contribution in [1.29, 1.82) is 0 Å². The smallest absolute Gasteiger partial charge is 0.0541 e. The van der Waals surface area contributed by atoms with Crippen LogP contribution in [0.25, 0.3) is 28.7 Å². The maximum Gasteiger partial charge on any atom is 0.0541 e. The maximum absolute atomic E-state index is 2.37. The molecular formula is C30H31N. The summed E-state index contributed by atoms with van der Waals surface area (Å²) in [7, 11) is 0. The predicted octanol–water partition coefficient (Wildman–Crippen LogP) is 8.54. The third kappa shape index (κ3) is 4.14. The Morgan fingerprint density at radius 3 is 2.48 bits per heavy atom. The third-order valence-corrected chi connectivity index (χ3v) is 5.99. The molecule has 0 fully saturated rings. The van der Waals surface area contributed by atoms with Gasteiger partial charge in [-0.15, -0.1) is 0 Å². The molecule has 1 heteroatoms. The van der Waals surface area contributed by atoms with Crippen LogP contribution in [0.5, 0.6) is 0 Å². The quantitative estimate of drug-likeness (QED) is 0.362. The lowest BCUT2D eigenvalue weighted by atomic mass is 9.80. The summed E-state index contributed by atoms with van der Waals surface area (Å²) in [6, 6.07) is 19.3. The molecule has 3 aromatic rings. The number of aromatic nitrogens is 1. The molecule has 1 aliphatic rings. The Morgan fingerprint density at radius 2 is 1.71 bits per heavy atom. The van der Waals surface area contributed by atoms with Gasteiger partial charge < -0.3 is 4.57 Å². The third-order valence-electron chi connectivity index (χ3n) is 5.99. The van der Waals surface area contributed by atoms with E-state index in [1.165, 1.54) is 33.4 Å². The Hall–Kier alpha value is -3.32. The SMILES string of the molecule is C\C=C/C=C(\C=C/CCC)C1(C)C=Cc2c(n(-c3ccccc3)c3ccccc23)C=C1. The van der Waals surface area contributed by atoms with E-state index in [9.17, 15) is 0 Å². The second kappa shape index (κ2) is 9.22. The highest BCUT2D eigenvalue weighted by atomic mass is 15.0. The molecule has 1 aromatic heterocycles. The van der Waals surface area contributed by atoms with Crippen LogP contribution in [0, 0.1) is 5.41 Å². The maximum atomic E-state index is 2.37. The highest BCUT2D eigenvalue weighted by Crippen LogP contribution is 2.40. The van der Waals surface area contributed by atoms with Crippen LogP contribution in [-0.4, -0.2) is 4.57 Å². The van der Waals surface area contributed by atoms with Crippen molar-refractivity contribution >= 4 is 23.1 Å². The Labute approximate surface area is 186 Å². The Morgan fingerprint density at radius 1 is 0.968 bits per heavy atom. The van der Waals surface area contributed by atoms with Gasteiger partial charge in [-0.2, -0.15) is 0 Å². The molecule has 2 aromatic carbocycles. The van der Waals surface area contributed by atoms with Crippen LogP contribution in [0.1, 0.15) is 44.9 Å². The van der Waals surface area contributed by atoms with E-state index in [1.807, 2.05) is 0 Å². The van der Waals surface area contributed by atoms with Gasteiger partial charge in [0.1, 0.15) is 0 Å². The average Bonchev–Trinajstić information content (AvgIpc) is 3.01. The van der Waals surface area contributed by atoms with Crippen molar-refractivity contribution in [2.75, 3.05) is 0 Å². The van der Waals surface area contributed by atoms with Crippen molar-refractivity contribution in [3.05, 3.63) is 114 Å². The first-order chi connectivity index (χ1) is 15.2. The van der Waals surface area contributed by atoms with Crippen LogP contribution in [0.4, 0.5) is 0 Å². The van der Waals surface area contributed by atoms with Crippen LogP contribution in [0.15, 0.2) is 103 Å². The first-order valence-corrected chi connectivity index (χ1v) is 11.3. The molecule has 0 spiro atoms. The molecule has 0 bridgehead atoms. The van der Waals surface area contributed by atoms with Crippen LogP contribution in [0.2, 0.25) is 0 Å². The van der Waals surface area contributed by atoms with E-state index in [4.69, 9.17) is 0 Å². The van der Waals surface area contributed by atoms with Crippen LogP contribution in [-0.2, 0) is 0 Å². The zero-order valence-electron chi connectivity index (χ0n) is 18.8. The van der Waals surface area contributed by atoms with Crippen LogP contribution < -0.4 is 0 Å². The molecule has 0 aliphatic heterocycles. The Bertz CT molecular complexity index is 1200. The van der Waals surface area contributed by atoms with Crippen molar-refractivity contribution in [3.63, 3.8) is 0 Å². The van der Waals surface area contributed by atoms with Gasteiger partial charge in [-0.3, -0.25) is 0 Å². The van der Waals surface area contributed by atoms with Gasteiger partial charge in [0.05, 0.1) is 11.2 Å². The summed E-state index contributed by atoms with van der Waals surface area (Å²) in [5, 5.41) is 1.28. The number of unbranched alkanes of at least 4 members (excludes halogenated alkanes) is 1. The van der Waals surface area contributed by atoms with Gasteiger partial charge in [-0.25, -0.2) is 0 Å². The van der Waals surface area contributed by atoms with E-state index in [-0.39, 0.29) is 5.41 Å². The van der Waals surface area contributed by atoms with Gasteiger partial charge in [0.25, 0.3) is 0 Å². The van der Waals surface area contributed by atoms with Crippen molar-refractivity contribution in [1.82, 2.24) is 4.57 Å². The topological polar surface area (TPSA) is 4.93 Å². The highest BCUT2D eigenvalue weighted by Gasteiger charge is 2.25. The summed E-state index contributed by atoms with van der Waals surface area (Å²) in [6.07, 6.45) is 22.6. The minimum atomic E-state index is -0.175. The molecule has 4 rings (SSSR count). The number of rotatable bonds is 6. The number of para-hydroxylation sites is 2. The first kappa shape index (κ1) is 20.9. The molecule has 31 heavy (non-hydrogen) atoms. The fourth-order valence-electron chi connectivity index (χ4n) is 4.23. The molecule has 1 atom stereocenters. The lowest BCUT2D eigenvalue weighted by Gasteiger charge is -2.23. The normalized spacial score (nSPS) is 18.9. The van der Waals surface area contributed by atoms with Gasteiger partial charge >= 0.3 is 0 Å². The minimum absolute atomic E-state index is 0.175. The van der Waals surface area contributed by atoms with Crippen molar-refractivity contribution in [2.45, 2.75) is 33.6 Å². The lowest BCUT2D eigenvalue weighted by molar-refractivity contribution is 0.688. The number of hydrogen-bond donors (Lipinski definition) is 0. The van der Waals surface area contributed by atoms with Crippen molar-refractivity contribution in [3.8, 4) is 5.69 Å². The van der Waals surface area contributed by atoms with Crippen LogP contribution in [0.3, 0.4) is 0 Å². The molecule has 1 nitrogen and oxygen atoms in total. The fourth-order valence-corrected chi connectivity index (χ4v) is 4.23. The molecular weight excluding hydrogens is 374 g/mol. The summed E-state index contributed by atoms with van der Waals surface area (Å²) >= 11 is 0. The van der Waals surface area contributed by atoms with Crippen molar-refractivity contribution in [2.24, 2.45) is 5.41 Å². The van der Waals surface area contributed by atoms with E-state index < -0.39 is 0 Å². The van der Waals surface area contributed by atoms with Crippen molar-refractivity contribution < 1.29 is 0 Å². The second-order valence-electron chi connectivity index (χ2n) is 8.28. The Balaban J connectivity index is 1.88. The molecule has 1 unspecified atom stereocenters. The van der Waals surface area contributed by atoms with E-state index in [0.717, 1.165) is 12.8 Å². The summed E-state index contributed by atoms with van der Waals surface area (Å²) in [4.78, 5) is 0. The summed E-state index contributed by atoms with van der Waals surface area (Å²) in [5.74, 6) is 0. The van der Waals surface area contributed by atoms with Crippen LogP contribution >= 0.6 is 0 Å². The molecule has 0 saturated heterocycles. The standard InChI is InChI=1S/C30H31N/c1-4-6-9-15-24(14-7-5-2)30(3)22-20-27-26-18-12-13-19-28(26)31(29(27)21-23-30)25-16-10-8-11-17-25/h5,7-23H,4,6H2,1-3H3/b7-5-,15-9-,24-14+. The largest absolute Gasteiger partial charge is 0.309 e. The Kier molecular flexibility index (Phi) is 6.23. The van der Waals surface area contributed by atoms with Gasteiger partial charge in [0, 0.05) is 22.1 Å². The number of allylic oxidation sites excluding steroid dienone is 8. The van der Waals surface area contributed by atoms with Gasteiger partial charge in [0.15, 0.2) is 0 Å². The molecule has 0 N–H and O–H groups in total. The van der Waals surface area contributed by atoms with Gasteiger partial charge in [0.2, 0.25) is 0 Å². The van der Waals surface area contributed by atoms with Gasteiger partial charge in [-0.05, 0) is 50.1 Å². The number of fused-ring (bicyclic) bond motifs is 3. The monoisotopic (exact) mass is 405 g/mol. The van der Waals surface area contributed by atoms with Gasteiger partial charge in [-0.1, -0.05) is 98.4 Å². The molecule has 1 aliphatic carbocycles. The van der Waals surface area contributed by atoms with E-state index in [0.29, 0.717) is 0 Å². The number of hydrogen-bond acceptors (Lipinski definition) is 0. The molecule has 156 valence electrons.